The number of pyridine rings is 1. The number of likely N-dealkylation sites (tertiary alicyclic amines) is 1. The van der Waals surface area contributed by atoms with Crippen molar-refractivity contribution in [2.24, 2.45) is 11.8 Å². The predicted octanol–water partition coefficient (Wildman–Crippen LogP) is 2.85. The average Bonchev–Trinajstić information content (AvgIpc) is 3.37. The number of nitriles is 1. The molecular formula is C19H21F3N6O. The first kappa shape index (κ1) is 19.4. The van der Waals surface area contributed by atoms with E-state index in [1.807, 2.05) is 18.4 Å². The molecule has 2 amide bonds. The Labute approximate surface area is 165 Å². The fraction of sp³-hybridized carbons (Fsp3) is 0.526. The van der Waals surface area contributed by atoms with Gasteiger partial charge in [0.25, 0.3) is 0 Å². The number of aromatic nitrogens is 2. The summed E-state index contributed by atoms with van der Waals surface area (Å²) in [5.74, 6) is 0.487. The largest absolute Gasteiger partial charge is 0.405 e. The Balaban J connectivity index is 1.43. The van der Waals surface area contributed by atoms with Gasteiger partial charge in [0.15, 0.2) is 0 Å². The Morgan fingerprint density at radius 1 is 1.41 bits per heavy atom. The summed E-state index contributed by atoms with van der Waals surface area (Å²) < 4.78 is 36.9. The summed E-state index contributed by atoms with van der Waals surface area (Å²) in [7, 11) is 1.96. The van der Waals surface area contributed by atoms with Crippen molar-refractivity contribution < 1.29 is 18.0 Å². The van der Waals surface area contributed by atoms with Crippen LogP contribution in [0.15, 0.2) is 18.5 Å². The van der Waals surface area contributed by atoms with Crippen molar-refractivity contribution >= 4 is 22.8 Å². The normalized spacial score (nSPS) is 23.8. The molecule has 3 atom stereocenters. The highest BCUT2D eigenvalue weighted by Crippen LogP contribution is 2.42. The topological polar surface area (TPSA) is 88.1 Å². The number of alkyl halides is 3. The van der Waals surface area contributed by atoms with E-state index in [2.05, 4.69) is 20.9 Å². The molecule has 0 spiro atoms. The zero-order chi connectivity index (χ0) is 20.8. The first-order chi connectivity index (χ1) is 13.8. The van der Waals surface area contributed by atoms with E-state index >= 15 is 0 Å². The van der Waals surface area contributed by atoms with Crippen LogP contribution < -0.4 is 10.2 Å². The minimum atomic E-state index is -4.41. The molecule has 0 radical (unpaired) electrons. The Hall–Kier alpha value is -2.96. The molecular weight excluding hydrogens is 385 g/mol. The van der Waals surface area contributed by atoms with Crippen molar-refractivity contribution in [1.29, 1.82) is 5.26 Å². The molecule has 29 heavy (non-hydrogen) atoms. The number of aromatic amines is 1. The number of halogens is 3. The van der Waals surface area contributed by atoms with Gasteiger partial charge in [0.05, 0.1) is 11.3 Å². The number of carbonyl (C=O) groups excluding carboxylic acids is 1. The number of carbonyl (C=O) groups is 1. The predicted molar refractivity (Wildman–Crippen MR) is 100 cm³/mol. The van der Waals surface area contributed by atoms with Gasteiger partial charge in [-0.2, -0.15) is 18.4 Å². The summed E-state index contributed by atoms with van der Waals surface area (Å²) in [4.78, 5) is 22.9. The van der Waals surface area contributed by atoms with Crippen molar-refractivity contribution in [2.75, 3.05) is 31.6 Å². The number of nitrogens with one attached hydrogen (secondary N) is 2. The number of amides is 2. The lowest BCUT2D eigenvalue weighted by Crippen LogP contribution is -2.43. The summed E-state index contributed by atoms with van der Waals surface area (Å²) in [5.41, 5.74) is 2.06. The summed E-state index contributed by atoms with van der Waals surface area (Å²) >= 11 is 0. The van der Waals surface area contributed by atoms with Gasteiger partial charge in [-0.25, -0.2) is 9.78 Å². The van der Waals surface area contributed by atoms with Gasteiger partial charge in [-0.05, 0) is 30.7 Å². The number of hydrogen-bond acceptors (Lipinski definition) is 4. The van der Waals surface area contributed by atoms with Crippen LogP contribution in [0.25, 0.3) is 11.0 Å². The molecule has 1 saturated carbocycles. The van der Waals surface area contributed by atoms with Crippen LogP contribution in [0, 0.1) is 23.2 Å². The summed E-state index contributed by atoms with van der Waals surface area (Å²) in [6.07, 6.45) is 0.586. The molecule has 10 heteroatoms. The van der Waals surface area contributed by atoms with Crippen molar-refractivity contribution in [1.82, 2.24) is 20.2 Å². The van der Waals surface area contributed by atoms with Gasteiger partial charge in [0.2, 0.25) is 0 Å². The van der Waals surface area contributed by atoms with Gasteiger partial charge in [-0.3, -0.25) is 0 Å². The summed E-state index contributed by atoms with van der Waals surface area (Å²) in [6, 6.07) is 3.65. The molecule has 7 nitrogen and oxygen atoms in total. The minimum Gasteiger partial charge on any atom is -0.370 e. The molecule has 2 aliphatic rings. The number of anilines is 1. The Morgan fingerprint density at radius 2 is 2.10 bits per heavy atom. The zero-order valence-electron chi connectivity index (χ0n) is 15.8. The van der Waals surface area contributed by atoms with Crippen LogP contribution in [-0.4, -0.2) is 59.8 Å². The van der Waals surface area contributed by atoms with E-state index < -0.39 is 18.8 Å². The SMILES string of the molecule is CN(c1c(C#N)cnc2[nH]ccc12)[C@@H]1CC2CN(C(=O)NCC(F)(F)F)C[C@H]2C1. The van der Waals surface area contributed by atoms with Gasteiger partial charge in [-0.1, -0.05) is 0 Å². The number of rotatable bonds is 3. The van der Waals surface area contributed by atoms with Crippen LogP contribution in [0.4, 0.5) is 23.7 Å². The van der Waals surface area contributed by atoms with Gasteiger partial charge >= 0.3 is 12.2 Å². The minimum absolute atomic E-state index is 0.193. The maximum Gasteiger partial charge on any atom is 0.405 e. The van der Waals surface area contributed by atoms with Crippen LogP contribution in [0.3, 0.4) is 0 Å². The summed E-state index contributed by atoms with van der Waals surface area (Å²) in [5, 5.41) is 12.4. The Bertz CT molecular complexity index is 951. The summed E-state index contributed by atoms with van der Waals surface area (Å²) in [6.45, 7) is -0.395. The second kappa shape index (κ2) is 7.13. The molecule has 0 bridgehead atoms. The first-order valence-corrected chi connectivity index (χ1v) is 9.45. The molecule has 1 saturated heterocycles. The Kier molecular flexibility index (Phi) is 4.76. The highest BCUT2D eigenvalue weighted by molar-refractivity contribution is 5.93. The molecule has 4 rings (SSSR count). The van der Waals surface area contributed by atoms with Gasteiger partial charge < -0.3 is 20.1 Å². The molecule has 2 aromatic rings. The van der Waals surface area contributed by atoms with Crippen LogP contribution in [0.5, 0.6) is 0 Å². The van der Waals surface area contributed by atoms with Crippen molar-refractivity contribution in [2.45, 2.75) is 25.1 Å². The van der Waals surface area contributed by atoms with E-state index in [1.165, 1.54) is 4.90 Å². The second-order valence-electron chi connectivity index (χ2n) is 7.81. The molecule has 154 valence electrons. The smallest absolute Gasteiger partial charge is 0.370 e. The van der Waals surface area contributed by atoms with E-state index in [-0.39, 0.29) is 17.9 Å². The lowest BCUT2D eigenvalue weighted by molar-refractivity contribution is -0.123. The van der Waals surface area contributed by atoms with Gasteiger partial charge in [-0.15, -0.1) is 0 Å². The highest BCUT2D eigenvalue weighted by Gasteiger charge is 2.44. The van der Waals surface area contributed by atoms with Crippen LogP contribution in [0.2, 0.25) is 0 Å². The molecule has 2 N–H and O–H groups in total. The number of nitrogens with zero attached hydrogens (tertiary/aromatic N) is 4. The average molecular weight is 406 g/mol. The van der Waals surface area contributed by atoms with Crippen LogP contribution in [0.1, 0.15) is 18.4 Å². The van der Waals surface area contributed by atoms with E-state index in [9.17, 15) is 23.2 Å². The second-order valence-corrected chi connectivity index (χ2v) is 7.81. The third-order valence-corrected chi connectivity index (χ3v) is 6.03. The lowest BCUT2D eigenvalue weighted by Gasteiger charge is -2.29. The molecule has 2 fully saturated rings. The lowest BCUT2D eigenvalue weighted by atomic mass is 10.0. The van der Waals surface area contributed by atoms with E-state index in [0.29, 0.717) is 18.7 Å². The Morgan fingerprint density at radius 3 is 2.72 bits per heavy atom. The van der Waals surface area contributed by atoms with E-state index in [0.717, 1.165) is 29.6 Å². The number of urea groups is 1. The maximum absolute atomic E-state index is 12.3. The van der Waals surface area contributed by atoms with Gasteiger partial charge in [0.1, 0.15) is 18.3 Å². The van der Waals surface area contributed by atoms with Crippen LogP contribution >= 0.6 is 0 Å². The monoisotopic (exact) mass is 406 g/mol. The molecule has 1 aliphatic heterocycles. The van der Waals surface area contributed by atoms with E-state index in [4.69, 9.17) is 0 Å². The number of fused-ring (bicyclic) bond motifs is 2. The third kappa shape index (κ3) is 3.69. The quantitative estimate of drug-likeness (QED) is 0.821. The molecule has 0 aromatic carbocycles. The standard InChI is InChI=1S/C19H21F3N6O/c1-27(16-13(6-23)7-25-17-15(16)2-3-24-17)14-4-11-8-28(9-12(11)5-14)18(29)26-10-19(20,21)22/h2-3,7,11-12,14H,4-5,8-10H2,1H3,(H,24,25)(H,26,29)/t11-,12?,14+/m1/s1. The fourth-order valence-electron chi connectivity index (χ4n) is 4.68. The first-order valence-electron chi connectivity index (χ1n) is 9.45. The van der Waals surface area contributed by atoms with Crippen LogP contribution in [-0.2, 0) is 0 Å². The van der Waals surface area contributed by atoms with E-state index in [1.54, 1.807) is 12.4 Å². The van der Waals surface area contributed by atoms with Crippen molar-refractivity contribution in [3.05, 3.63) is 24.0 Å². The zero-order valence-corrected chi connectivity index (χ0v) is 15.8. The third-order valence-electron chi connectivity index (χ3n) is 6.03. The number of H-pyrrole nitrogens is 1. The van der Waals surface area contributed by atoms with Crippen molar-refractivity contribution in [3.8, 4) is 6.07 Å². The fourth-order valence-corrected chi connectivity index (χ4v) is 4.68. The molecule has 2 aromatic heterocycles. The molecule has 1 unspecified atom stereocenters. The van der Waals surface area contributed by atoms with Gasteiger partial charge in [0, 0.05) is 44.0 Å². The maximum atomic E-state index is 12.3. The molecule has 1 aliphatic carbocycles. The number of hydrogen-bond donors (Lipinski definition) is 2. The molecule has 3 heterocycles. The van der Waals surface area contributed by atoms with Crippen molar-refractivity contribution in [3.63, 3.8) is 0 Å². The highest BCUT2D eigenvalue weighted by atomic mass is 19.4.